The zero-order valence-electron chi connectivity index (χ0n) is 14.2. The second kappa shape index (κ2) is 7.44. The van der Waals surface area contributed by atoms with Gasteiger partial charge in [-0.2, -0.15) is 0 Å². The number of nitro groups is 1. The average Bonchev–Trinajstić information content (AvgIpc) is 2.64. The van der Waals surface area contributed by atoms with E-state index in [1.54, 1.807) is 18.2 Å². The Labute approximate surface area is 150 Å². The zero-order valence-corrected chi connectivity index (χ0v) is 14.2. The van der Waals surface area contributed by atoms with Crippen molar-refractivity contribution in [2.75, 3.05) is 0 Å². The van der Waals surface area contributed by atoms with E-state index in [1.165, 1.54) is 18.2 Å². The van der Waals surface area contributed by atoms with E-state index in [0.717, 1.165) is 30.5 Å². The number of para-hydroxylation sites is 1. The van der Waals surface area contributed by atoms with Crippen molar-refractivity contribution in [2.45, 2.75) is 19.8 Å². The molecular weight excluding hydrogens is 336 g/mol. The van der Waals surface area contributed by atoms with Crippen LogP contribution in [0, 0.1) is 21.7 Å². The van der Waals surface area contributed by atoms with Gasteiger partial charge in [0.25, 0.3) is 5.69 Å². The lowest BCUT2D eigenvalue weighted by molar-refractivity contribution is -0.384. The Hall–Kier alpha value is -3.08. The molecule has 3 rings (SSSR count). The predicted octanol–water partition coefficient (Wildman–Crippen LogP) is 6.16. The van der Waals surface area contributed by atoms with Crippen LogP contribution in [0.15, 0.2) is 60.7 Å². The Morgan fingerprint density at radius 1 is 0.846 bits per heavy atom. The maximum absolute atomic E-state index is 14.8. The standard InChI is InChI=1S/C21H17F2NO2/c1-2-7-14-8-3-4-9-15(14)17-12-20(23)18(13-19(17)22)16-10-5-6-11-21(16)24(25)26/h3-6,8-13H,2,7H2,1H3. The molecule has 0 aromatic heterocycles. The van der Waals surface area contributed by atoms with Crippen LogP contribution in [0.5, 0.6) is 0 Å². The Morgan fingerprint density at radius 3 is 2.00 bits per heavy atom. The lowest BCUT2D eigenvalue weighted by Crippen LogP contribution is -1.97. The Morgan fingerprint density at radius 2 is 1.38 bits per heavy atom. The summed E-state index contributed by atoms with van der Waals surface area (Å²) in [7, 11) is 0. The first kappa shape index (κ1) is 17.7. The van der Waals surface area contributed by atoms with Crippen molar-refractivity contribution in [3.05, 3.63) is 88.0 Å². The van der Waals surface area contributed by atoms with Gasteiger partial charge in [0.2, 0.25) is 0 Å². The third-order valence-electron chi connectivity index (χ3n) is 4.27. The van der Waals surface area contributed by atoms with Gasteiger partial charge in [-0.1, -0.05) is 49.7 Å². The van der Waals surface area contributed by atoms with E-state index in [9.17, 15) is 18.9 Å². The molecule has 0 aliphatic carbocycles. The Bertz CT molecular complexity index is 970. The second-order valence-electron chi connectivity index (χ2n) is 5.99. The van der Waals surface area contributed by atoms with Crippen molar-refractivity contribution in [3.8, 4) is 22.3 Å². The van der Waals surface area contributed by atoms with Crippen LogP contribution in [0.25, 0.3) is 22.3 Å². The topological polar surface area (TPSA) is 43.1 Å². The molecule has 0 amide bonds. The van der Waals surface area contributed by atoms with Crippen molar-refractivity contribution >= 4 is 5.69 Å². The first-order valence-corrected chi connectivity index (χ1v) is 8.34. The summed E-state index contributed by atoms with van der Waals surface area (Å²) in [4.78, 5) is 10.6. The third kappa shape index (κ3) is 3.33. The summed E-state index contributed by atoms with van der Waals surface area (Å²) in [6.07, 6.45) is 1.64. The number of hydrogen-bond acceptors (Lipinski definition) is 2. The predicted molar refractivity (Wildman–Crippen MR) is 97.9 cm³/mol. The molecule has 0 saturated heterocycles. The molecule has 0 atom stereocenters. The number of halogens is 2. The van der Waals surface area contributed by atoms with Crippen LogP contribution >= 0.6 is 0 Å². The van der Waals surface area contributed by atoms with E-state index in [-0.39, 0.29) is 22.4 Å². The van der Waals surface area contributed by atoms with Crippen LogP contribution in [0.1, 0.15) is 18.9 Å². The molecule has 132 valence electrons. The minimum atomic E-state index is -0.693. The van der Waals surface area contributed by atoms with Gasteiger partial charge in [0.15, 0.2) is 0 Å². The van der Waals surface area contributed by atoms with Crippen molar-refractivity contribution in [2.24, 2.45) is 0 Å². The van der Waals surface area contributed by atoms with Crippen LogP contribution in [0.2, 0.25) is 0 Å². The molecule has 0 spiro atoms. The van der Waals surface area contributed by atoms with Gasteiger partial charge in [-0.3, -0.25) is 10.1 Å². The van der Waals surface area contributed by atoms with Crippen LogP contribution in [-0.2, 0) is 6.42 Å². The number of benzene rings is 3. The van der Waals surface area contributed by atoms with Crippen LogP contribution in [-0.4, -0.2) is 4.92 Å². The minimum Gasteiger partial charge on any atom is -0.258 e. The first-order chi connectivity index (χ1) is 12.5. The zero-order chi connectivity index (χ0) is 18.7. The van der Waals surface area contributed by atoms with Gasteiger partial charge < -0.3 is 0 Å². The summed E-state index contributed by atoms with van der Waals surface area (Å²) in [5.41, 5.74) is 1.42. The minimum absolute atomic E-state index is 0.0577. The summed E-state index contributed by atoms with van der Waals surface area (Å²) in [5.74, 6) is -1.30. The quantitative estimate of drug-likeness (QED) is 0.407. The highest BCUT2D eigenvalue weighted by Gasteiger charge is 2.20. The van der Waals surface area contributed by atoms with Crippen molar-refractivity contribution in [1.82, 2.24) is 0 Å². The largest absolute Gasteiger partial charge is 0.277 e. The molecule has 0 fully saturated rings. The van der Waals surface area contributed by atoms with Crippen LogP contribution in [0.3, 0.4) is 0 Å². The van der Waals surface area contributed by atoms with E-state index >= 15 is 0 Å². The van der Waals surface area contributed by atoms with Crippen LogP contribution in [0.4, 0.5) is 14.5 Å². The summed E-state index contributed by atoms with van der Waals surface area (Å²) in [5, 5.41) is 11.2. The molecule has 3 nitrogen and oxygen atoms in total. The molecule has 0 aliphatic heterocycles. The number of rotatable bonds is 5. The van der Waals surface area contributed by atoms with Gasteiger partial charge in [0, 0.05) is 17.2 Å². The number of nitrogens with zero attached hydrogens (tertiary/aromatic N) is 1. The first-order valence-electron chi connectivity index (χ1n) is 8.34. The molecule has 0 bridgehead atoms. The molecule has 0 aliphatic rings. The van der Waals surface area contributed by atoms with Gasteiger partial charge in [-0.05, 0) is 35.7 Å². The van der Waals surface area contributed by atoms with Gasteiger partial charge in [-0.25, -0.2) is 8.78 Å². The highest BCUT2D eigenvalue weighted by atomic mass is 19.1. The average molecular weight is 353 g/mol. The monoisotopic (exact) mass is 353 g/mol. The molecule has 3 aromatic rings. The Kier molecular flexibility index (Phi) is 5.07. The number of aryl methyl sites for hydroxylation is 1. The van der Waals surface area contributed by atoms with Gasteiger partial charge >= 0.3 is 0 Å². The highest BCUT2D eigenvalue weighted by Crippen LogP contribution is 2.36. The van der Waals surface area contributed by atoms with Crippen molar-refractivity contribution in [3.63, 3.8) is 0 Å². The molecule has 3 aromatic carbocycles. The normalized spacial score (nSPS) is 10.7. The van der Waals surface area contributed by atoms with E-state index in [4.69, 9.17) is 0 Å². The summed E-state index contributed by atoms with van der Waals surface area (Å²) in [6.45, 7) is 2.02. The van der Waals surface area contributed by atoms with Crippen molar-refractivity contribution < 1.29 is 13.7 Å². The smallest absolute Gasteiger partial charge is 0.258 e. The SMILES string of the molecule is CCCc1ccccc1-c1cc(F)c(-c2ccccc2[N+](=O)[O-])cc1F. The molecule has 0 saturated carbocycles. The molecule has 0 unspecified atom stereocenters. The van der Waals surface area contributed by atoms with Crippen LogP contribution < -0.4 is 0 Å². The number of nitro benzene ring substituents is 1. The van der Waals surface area contributed by atoms with Crippen molar-refractivity contribution in [1.29, 1.82) is 0 Å². The Balaban J connectivity index is 2.16. The molecule has 26 heavy (non-hydrogen) atoms. The summed E-state index contributed by atoms with van der Waals surface area (Å²) < 4.78 is 29.6. The fraction of sp³-hybridized carbons (Fsp3) is 0.143. The fourth-order valence-corrected chi connectivity index (χ4v) is 3.09. The molecule has 0 radical (unpaired) electrons. The molecule has 5 heteroatoms. The number of hydrogen-bond donors (Lipinski definition) is 0. The lowest BCUT2D eigenvalue weighted by Gasteiger charge is -2.12. The van der Waals surface area contributed by atoms with Gasteiger partial charge in [0.1, 0.15) is 11.6 Å². The third-order valence-corrected chi connectivity index (χ3v) is 4.27. The molecule has 0 N–H and O–H groups in total. The maximum atomic E-state index is 14.8. The highest BCUT2D eigenvalue weighted by molar-refractivity contribution is 5.77. The summed E-state index contributed by atoms with van der Waals surface area (Å²) in [6, 6.07) is 15.2. The van der Waals surface area contributed by atoms with Gasteiger partial charge in [-0.15, -0.1) is 0 Å². The molecule has 0 heterocycles. The van der Waals surface area contributed by atoms with E-state index in [2.05, 4.69) is 0 Å². The van der Waals surface area contributed by atoms with E-state index in [1.807, 2.05) is 19.1 Å². The lowest BCUT2D eigenvalue weighted by atomic mass is 9.94. The maximum Gasteiger partial charge on any atom is 0.277 e. The summed E-state index contributed by atoms with van der Waals surface area (Å²) >= 11 is 0. The fourth-order valence-electron chi connectivity index (χ4n) is 3.09. The van der Waals surface area contributed by atoms with Gasteiger partial charge in [0.05, 0.1) is 10.5 Å². The van der Waals surface area contributed by atoms with E-state index in [0.29, 0.717) is 5.56 Å². The van der Waals surface area contributed by atoms with E-state index < -0.39 is 16.6 Å². The molecular formula is C21H17F2NO2. The second-order valence-corrected chi connectivity index (χ2v) is 5.99.